The Balaban J connectivity index is 1.60. The number of hydrogen-bond donors (Lipinski definition) is 1. The van der Waals surface area contributed by atoms with Gasteiger partial charge in [0, 0.05) is 23.9 Å². The zero-order valence-electron chi connectivity index (χ0n) is 16.2. The summed E-state index contributed by atoms with van der Waals surface area (Å²) in [4.78, 5) is 33.0. The van der Waals surface area contributed by atoms with E-state index in [9.17, 15) is 9.59 Å². The molecule has 3 aromatic heterocycles. The quantitative estimate of drug-likeness (QED) is 0.611. The van der Waals surface area contributed by atoms with Gasteiger partial charge in [-0.25, -0.2) is 9.50 Å². The molecule has 0 saturated heterocycles. The summed E-state index contributed by atoms with van der Waals surface area (Å²) in [6, 6.07) is 1.59. The number of esters is 1. The average molecular weight is 386 g/mol. The maximum atomic E-state index is 12.3. The number of hydrogen-bond acceptors (Lipinski definition) is 8. The van der Waals surface area contributed by atoms with Crippen molar-refractivity contribution in [3.63, 3.8) is 0 Å². The van der Waals surface area contributed by atoms with E-state index < -0.39 is 18.0 Å². The molecule has 1 unspecified atom stereocenters. The van der Waals surface area contributed by atoms with Crippen molar-refractivity contribution in [1.29, 1.82) is 0 Å². The summed E-state index contributed by atoms with van der Waals surface area (Å²) < 4.78 is 11.9. The van der Waals surface area contributed by atoms with Crippen LogP contribution >= 0.6 is 0 Å². The third kappa shape index (κ3) is 4.16. The fraction of sp³-hybridized carbons (Fsp3) is 0.444. The summed E-state index contributed by atoms with van der Waals surface area (Å²) in [5.74, 6) is 0.477. The molecule has 0 saturated carbocycles. The standard InChI is InChI=1S/C18H22N6O4/c1-5-14(17(26)22-15-8-10(2)28-23-15)27-16(25)7-6-13-11(3)21-18-19-9-20-24(18)12(13)4/h8-9,14H,5-7H2,1-4H3,(H,22,23,26). The Bertz CT molecular complexity index is 1010. The summed E-state index contributed by atoms with van der Waals surface area (Å²) in [6.45, 7) is 7.25. The monoisotopic (exact) mass is 386 g/mol. The molecular weight excluding hydrogens is 364 g/mol. The minimum Gasteiger partial charge on any atom is -0.452 e. The Kier molecular flexibility index (Phi) is 5.67. The highest BCUT2D eigenvalue weighted by molar-refractivity contribution is 5.94. The fourth-order valence-electron chi connectivity index (χ4n) is 2.92. The molecule has 0 aliphatic rings. The van der Waals surface area contributed by atoms with E-state index in [1.165, 1.54) is 6.33 Å². The molecule has 0 fully saturated rings. The van der Waals surface area contributed by atoms with Crippen molar-refractivity contribution in [3.8, 4) is 0 Å². The molecule has 3 heterocycles. The summed E-state index contributed by atoms with van der Waals surface area (Å²) in [7, 11) is 0. The Morgan fingerprint density at radius 2 is 2.11 bits per heavy atom. The van der Waals surface area contributed by atoms with E-state index in [2.05, 4.69) is 25.5 Å². The van der Waals surface area contributed by atoms with Gasteiger partial charge < -0.3 is 14.6 Å². The van der Waals surface area contributed by atoms with E-state index in [0.29, 0.717) is 24.4 Å². The van der Waals surface area contributed by atoms with Gasteiger partial charge in [0.1, 0.15) is 12.1 Å². The third-order valence-electron chi connectivity index (χ3n) is 4.38. The number of amides is 1. The van der Waals surface area contributed by atoms with Gasteiger partial charge in [0.05, 0.1) is 0 Å². The normalized spacial score (nSPS) is 12.1. The second-order valence-corrected chi connectivity index (χ2v) is 6.43. The first-order valence-electron chi connectivity index (χ1n) is 8.98. The van der Waals surface area contributed by atoms with Gasteiger partial charge in [0.2, 0.25) is 0 Å². The van der Waals surface area contributed by atoms with Crippen LogP contribution in [0.2, 0.25) is 0 Å². The molecule has 10 nitrogen and oxygen atoms in total. The average Bonchev–Trinajstić information content (AvgIpc) is 3.28. The van der Waals surface area contributed by atoms with E-state index in [0.717, 1.165) is 17.0 Å². The van der Waals surface area contributed by atoms with Crippen molar-refractivity contribution in [1.82, 2.24) is 24.7 Å². The van der Waals surface area contributed by atoms with Crippen LogP contribution in [0.1, 0.15) is 42.5 Å². The molecule has 1 amide bonds. The number of rotatable bonds is 7. The third-order valence-corrected chi connectivity index (χ3v) is 4.38. The molecule has 0 spiro atoms. The summed E-state index contributed by atoms with van der Waals surface area (Å²) in [5, 5.41) is 10.4. The molecule has 0 aliphatic carbocycles. The van der Waals surface area contributed by atoms with Crippen molar-refractivity contribution in [3.05, 3.63) is 35.1 Å². The molecule has 28 heavy (non-hydrogen) atoms. The maximum absolute atomic E-state index is 12.3. The van der Waals surface area contributed by atoms with E-state index in [-0.39, 0.29) is 12.2 Å². The smallest absolute Gasteiger partial charge is 0.306 e. The number of ether oxygens (including phenoxy) is 1. The van der Waals surface area contributed by atoms with Gasteiger partial charge >= 0.3 is 5.97 Å². The summed E-state index contributed by atoms with van der Waals surface area (Å²) in [5.41, 5.74) is 2.57. The highest BCUT2D eigenvalue weighted by Gasteiger charge is 2.22. The maximum Gasteiger partial charge on any atom is 0.306 e. The van der Waals surface area contributed by atoms with Crippen LogP contribution in [-0.4, -0.2) is 42.7 Å². The van der Waals surface area contributed by atoms with Gasteiger partial charge in [-0.2, -0.15) is 10.1 Å². The summed E-state index contributed by atoms with van der Waals surface area (Å²) in [6.07, 6.45) is 1.44. The van der Waals surface area contributed by atoms with Gasteiger partial charge in [-0.3, -0.25) is 9.59 Å². The molecule has 10 heteroatoms. The molecule has 0 aliphatic heterocycles. The van der Waals surface area contributed by atoms with Crippen LogP contribution in [0.25, 0.3) is 5.78 Å². The first-order valence-corrected chi connectivity index (χ1v) is 8.98. The number of anilines is 1. The Morgan fingerprint density at radius 1 is 1.32 bits per heavy atom. The van der Waals surface area contributed by atoms with Crippen molar-refractivity contribution >= 4 is 23.5 Å². The first kappa shape index (κ1) is 19.5. The van der Waals surface area contributed by atoms with Gasteiger partial charge in [-0.05, 0) is 39.2 Å². The van der Waals surface area contributed by atoms with Gasteiger partial charge in [0.15, 0.2) is 11.9 Å². The van der Waals surface area contributed by atoms with Crippen molar-refractivity contribution < 1.29 is 18.8 Å². The SMILES string of the molecule is CCC(OC(=O)CCc1c(C)nc2ncnn2c1C)C(=O)Nc1cc(C)on1. The number of fused-ring (bicyclic) bond motifs is 1. The van der Waals surface area contributed by atoms with Crippen molar-refractivity contribution in [2.75, 3.05) is 5.32 Å². The Morgan fingerprint density at radius 3 is 2.79 bits per heavy atom. The minimum atomic E-state index is -0.900. The molecule has 0 aromatic carbocycles. The fourth-order valence-corrected chi connectivity index (χ4v) is 2.92. The van der Waals surface area contributed by atoms with Crippen LogP contribution in [0.3, 0.4) is 0 Å². The van der Waals surface area contributed by atoms with Crippen LogP contribution < -0.4 is 5.32 Å². The first-order chi connectivity index (χ1) is 13.4. The Labute approximate surface area is 161 Å². The highest BCUT2D eigenvalue weighted by Crippen LogP contribution is 2.16. The van der Waals surface area contributed by atoms with E-state index in [1.807, 2.05) is 13.8 Å². The number of aromatic nitrogens is 5. The number of aryl methyl sites for hydroxylation is 3. The Hall–Kier alpha value is -3.30. The van der Waals surface area contributed by atoms with Crippen LogP contribution in [-0.2, 0) is 20.7 Å². The molecule has 1 N–H and O–H groups in total. The van der Waals surface area contributed by atoms with Gasteiger partial charge in [0.25, 0.3) is 11.7 Å². The van der Waals surface area contributed by atoms with Gasteiger partial charge in [-0.1, -0.05) is 12.1 Å². The lowest BCUT2D eigenvalue weighted by Gasteiger charge is -2.15. The van der Waals surface area contributed by atoms with Crippen LogP contribution in [0, 0.1) is 20.8 Å². The highest BCUT2D eigenvalue weighted by atomic mass is 16.5. The second kappa shape index (κ2) is 8.15. The molecule has 0 bridgehead atoms. The molecule has 148 valence electrons. The van der Waals surface area contributed by atoms with Crippen LogP contribution in [0.4, 0.5) is 5.82 Å². The lowest BCUT2D eigenvalue weighted by molar-refractivity contribution is -0.154. The van der Waals surface area contributed by atoms with Crippen molar-refractivity contribution in [2.45, 2.75) is 53.1 Å². The zero-order chi connectivity index (χ0) is 20.3. The predicted octanol–water partition coefficient (Wildman–Crippen LogP) is 1.93. The topological polar surface area (TPSA) is 125 Å². The molecular formula is C18H22N6O4. The van der Waals surface area contributed by atoms with E-state index in [4.69, 9.17) is 9.26 Å². The van der Waals surface area contributed by atoms with E-state index >= 15 is 0 Å². The van der Waals surface area contributed by atoms with Gasteiger partial charge in [-0.15, -0.1) is 0 Å². The zero-order valence-corrected chi connectivity index (χ0v) is 16.2. The number of carbonyl (C=O) groups excluding carboxylic acids is 2. The van der Waals surface area contributed by atoms with E-state index in [1.54, 1.807) is 24.4 Å². The number of nitrogens with one attached hydrogen (secondary N) is 1. The largest absolute Gasteiger partial charge is 0.452 e. The van der Waals surface area contributed by atoms with Crippen molar-refractivity contribution in [2.24, 2.45) is 0 Å². The number of nitrogens with zero attached hydrogens (tertiary/aromatic N) is 5. The molecule has 3 rings (SSSR count). The molecule has 3 aromatic rings. The van der Waals surface area contributed by atoms with Crippen LogP contribution in [0.5, 0.6) is 0 Å². The summed E-state index contributed by atoms with van der Waals surface area (Å²) >= 11 is 0. The number of carbonyl (C=O) groups is 2. The lowest BCUT2D eigenvalue weighted by Crippen LogP contribution is -2.32. The minimum absolute atomic E-state index is 0.121. The van der Waals surface area contributed by atoms with Crippen LogP contribution in [0.15, 0.2) is 16.9 Å². The molecule has 0 radical (unpaired) electrons. The lowest BCUT2D eigenvalue weighted by atomic mass is 10.1. The second-order valence-electron chi connectivity index (χ2n) is 6.43. The predicted molar refractivity (Wildman–Crippen MR) is 98.6 cm³/mol. The molecule has 1 atom stereocenters.